The number of aromatic nitrogens is 5. The zero-order valence-corrected chi connectivity index (χ0v) is 42.9. The van der Waals surface area contributed by atoms with Crippen LogP contribution in [0.2, 0.25) is 0 Å². The molecule has 16 rings (SSSR count). The zero-order chi connectivity index (χ0) is 113. The van der Waals surface area contributed by atoms with Crippen molar-refractivity contribution in [3.05, 3.63) is 260 Å². The molecule has 0 radical (unpaired) electrons. The van der Waals surface area contributed by atoms with E-state index in [0.29, 0.717) is 13.8 Å². The normalized spacial score (nSPS) is 14.7. The van der Waals surface area contributed by atoms with Gasteiger partial charge in [0.2, 0.25) is 0 Å². The van der Waals surface area contributed by atoms with Gasteiger partial charge in [-0.2, -0.15) is 0 Å². The third-order valence-electron chi connectivity index (χ3n) is 15.0. The van der Waals surface area contributed by atoms with Gasteiger partial charge in [-0.1, -0.05) is 201 Å². The molecule has 0 bridgehead atoms. The Labute approximate surface area is 548 Å². The minimum absolute atomic E-state index is 0. The van der Waals surface area contributed by atoms with Gasteiger partial charge in [0.15, 0.2) is 0 Å². The number of hydrogen-bond acceptors (Lipinski definition) is 5. The van der Waals surface area contributed by atoms with Gasteiger partial charge in [0.1, 0.15) is 0 Å². The molecule has 0 aliphatic heterocycles. The maximum absolute atomic E-state index is 7.57. The summed E-state index contributed by atoms with van der Waals surface area (Å²) in [5.74, 6) is 0. The minimum atomic E-state index is 0. The highest BCUT2D eigenvalue weighted by Crippen LogP contribution is 2.38. The number of hydrogen-bond donors (Lipinski definition) is 0. The van der Waals surface area contributed by atoms with E-state index < -0.39 is 0 Å². The predicted octanol–water partition coefficient (Wildman–Crippen LogP) is 27.1. The summed E-state index contributed by atoms with van der Waals surface area (Å²) in [5.41, 5.74) is 7.45. The average molecular weight is 1130 g/mol. The fourth-order valence-corrected chi connectivity index (χ4v) is 11.4. The lowest BCUT2D eigenvalue weighted by atomic mass is 9.95. The van der Waals surface area contributed by atoms with E-state index in [9.17, 15) is 0 Å². The quantitative estimate of drug-likeness (QED) is 0.153. The van der Waals surface area contributed by atoms with Gasteiger partial charge in [0, 0.05) is 177 Å². The van der Waals surface area contributed by atoms with E-state index >= 15 is 0 Å². The molecule has 434 valence electrons. The Morgan fingerprint density at radius 1 is 0.346 bits per heavy atom. The zero-order valence-electron chi connectivity index (χ0n) is 105. The molecule has 5 nitrogen and oxygen atoms in total. The Kier molecular flexibility index (Phi) is 6.65. The van der Waals surface area contributed by atoms with E-state index in [1.54, 1.807) is 6.20 Å². The van der Waals surface area contributed by atoms with Crippen LogP contribution in [0.5, 0.6) is 0 Å². The molecule has 16 aromatic rings. The average Bonchev–Trinajstić information content (AvgIpc) is 0.771. The van der Waals surface area contributed by atoms with Crippen molar-refractivity contribution in [3.8, 4) is 0 Å². The number of rotatable bonds is 1. The lowest BCUT2D eigenvalue weighted by molar-refractivity contribution is 1.06. The van der Waals surface area contributed by atoms with E-state index in [0.717, 1.165) is 72.4 Å². The van der Waals surface area contributed by atoms with Crippen molar-refractivity contribution in [1.82, 2.24) is 24.9 Å². The van der Waals surface area contributed by atoms with Crippen LogP contribution < -0.4 is 0 Å². The molecule has 0 unspecified atom stereocenters. The lowest BCUT2D eigenvalue weighted by Gasteiger charge is -2.10. The summed E-state index contributed by atoms with van der Waals surface area (Å²) < 4.78 is 315. The number of pyridine rings is 5. The maximum Gasteiger partial charge on any atom is 0.0790 e. The van der Waals surface area contributed by atoms with Gasteiger partial charge >= 0.3 is 0 Å². The largest absolute Gasteiger partial charge is 0.264 e. The summed E-state index contributed by atoms with van der Waals surface area (Å²) in [6.07, 6.45) is 10.3. The summed E-state index contributed by atoms with van der Waals surface area (Å²) in [6, 6.07) is 72.0. The van der Waals surface area contributed by atoms with Crippen molar-refractivity contribution in [3.63, 3.8) is 0 Å². The number of nitrogens with zero attached hydrogens (tertiary/aromatic N) is 5. The van der Waals surface area contributed by atoms with Crippen LogP contribution in [-0.2, 0) is 6.42 Å². The molecule has 0 saturated heterocycles. The van der Waals surface area contributed by atoms with Crippen molar-refractivity contribution in [2.24, 2.45) is 0 Å². The molecule has 0 fully saturated rings. The number of aryl methyl sites for hydroxylation is 4. The summed E-state index contributed by atoms with van der Waals surface area (Å²) in [5, 5.41) is 25.8. The lowest BCUT2D eigenvalue weighted by Crippen LogP contribution is -1.90. The SMILES string of the molecule is C.CCc1ccc2c3ccccc3c3ccccc3c2n1.Cc1cc2c3ccccc3c3ccccc3c2cn1.[2H]Cc1ccc2c(c1)c1cnccc1c1ncccc21.[2H]Cc1ccc2c3ccccc3c3ncccc3c2c1.[2H][2H].[2H][2H].[2H][2H].[2H][2H].[2H][2H].[2H][2H].[2H][2H].[2H][2H].[2H][2H].[2H][2H].[2H][2H].[2H][2H].[2H][2H].[2H][2H].[2H][2H].[2H][2H].[2H][2H].[2H][2H].[2H][2H].[2H][2H].[2H][2H].[2H][2H].[2H][2H].[2H][2H].[2H][2H].[2H][2H].[2H][2H].[2H][2H].[2H][2H].[2H][2H]. The Hall–Kier alpha value is -9.71. The van der Waals surface area contributed by atoms with Crippen LogP contribution in [0, 0.1) is 20.7 Å². The second kappa shape index (κ2) is 20.8. The third kappa shape index (κ3) is 8.69. The molecule has 0 aliphatic rings. The molecule has 0 N–H and O–H groups in total. The van der Waals surface area contributed by atoms with Crippen molar-refractivity contribution < 1.29 is 91.8 Å². The molecule has 5 heterocycles. The van der Waals surface area contributed by atoms with Gasteiger partial charge in [-0.05, 0) is 127 Å². The smallest absolute Gasteiger partial charge is 0.0790 e. The van der Waals surface area contributed by atoms with Crippen molar-refractivity contribution in [2.75, 3.05) is 0 Å². The van der Waals surface area contributed by atoms with Gasteiger partial charge in [-0.25, -0.2) is 0 Å². The van der Waals surface area contributed by atoms with Gasteiger partial charge in [0.25, 0.3) is 0 Å². The third-order valence-corrected chi connectivity index (χ3v) is 15.0. The second-order valence-electron chi connectivity index (χ2n) is 19.6. The van der Waals surface area contributed by atoms with Gasteiger partial charge in [-0.3, -0.25) is 24.9 Å². The molecule has 0 atom stereocenters. The molecule has 11 aromatic carbocycles. The predicted molar refractivity (Wildman–Crippen MR) is 399 cm³/mol. The Bertz CT molecular complexity index is 4630. The van der Waals surface area contributed by atoms with E-state index in [-0.39, 0.29) is 7.43 Å². The Morgan fingerprint density at radius 3 is 1.23 bits per heavy atom. The first-order valence-electron chi connectivity index (χ1n) is 57.6. The highest BCUT2D eigenvalue weighted by molar-refractivity contribution is 6.27. The van der Waals surface area contributed by atoms with E-state index in [1.165, 1.54) is 86.2 Å². The van der Waals surface area contributed by atoms with Crippen molar-refractivity contribution in [1.29, 1.82) is 0 Å². The van der Waals surface area contributed by atoms with Gasteiger partial charge in [0.05, 0.1) is 16.6 Å². The molecule has 0 amide bonds. The van der Waals surface area contributed by atoms with Crippen molar-refractivity contribution >= 4 is 130 Å². The van der Waals surface area contributed by atoms with E-state index in [4.69, 9.17) is 96.8 Å². The van der Waals surface area contributed by atoms with Crippen LogP contribution in [0.3, 0.4) is 0 Å². The van der Waals surface area contributed by atoms with Gasteiger partial charge in [-0.15, -0.1) is 0 Å². The summed E-state index contributed by atoms with van der Waals surface area (Å²) >= 11 is 0. The Morgan fingerprint density at radius 2 is 0.705 bits per heavy atom. The fourth-order valence-electron chi connectivity index (χ4n) is 11.4. The first-order chi connectivity index (χ1) is 69.0. The molecular formula is C73H117N5. The summed E-state index contributed by atoms with van der Waals surface area (Å²) in [7, 11) is 0. The van der Waals surface area contributed by atoms with E-state index in [2.05, 4.69) is 203 Å². The minimum Gasteiger partial charge on any atom is -0.264 e. The standard InChI is InChI=1S/C19H15N.2C18H13N.C17H12N2.CH4.30H2/c1-2-13-11-12-18-16-9-4-3-7-14(16)15-8-5-6-10-17(15)19(18)20-13;1-12-10-17-15-8-4-2-6-13(15)14-7-3-5-9-16(14)18(17)11-19-12;1-12-8-9-14-13-5-2-3-6-15(13)18-16(17(14)11-12)7-4-10-19-18;1-11-4-5-12-13-3-2-7-19-17(13)14-6-8-18-10-16(14)15(12)9-11;;;;;;;;;;;;;;;;;;;;;;;;;;;;;;;/h3-12H,2H2,1H3;2*2-11H,1H3;2-10H,1H3;1H4;30*1H/i;;2*1D;;30*1+1D. The summed E-state index contributed by atoms with van der Waals surface area (Å²) in [6.45, 7) is 4.80. The van der Waals surface area contributed by atoms with Crippen LogP contribution in [0.4, 0.5) is 0 Å². The van der Waals surface area contributed by atoms with Crippen LogP contribution in [0.1, 0.15) is 129 Å². The fraction of sp³-hybridized carbons (Fsp3) is 0.0822. The first kappa shape index (κ1) is 25.0. The first-order valence-corrected chi connectivity index (χ1v) is 26.1. The molecular weight excluding hydrogens is 947 g/mol. The van der Waals surface area contributed by atoms with E-state index in [1.807, 2.05) is 62.0 Å². The van der Waals surface area contributed by atoms with Crippen LogP contribution >= 0.6 is 0 Å². The maximum atomic E-state index is 7.57. The van der Waals surface area contributed by atoms with Gasteiger partial charge < -0.3 is 0 Å². The molecule has 5 aromatic heterocycles. The molecule has 0 saturated carbocycles. The van der Waals surface area contributed by atoms with Crippen LogP contribution in [-0.4, -0.2) is 24.9 Å². The van der Waals surface area contributed by atoms with Crippen molar-refractivity contribution in [2.45, 2.75) is 41.5 Å². The molecule has 5 heteroatoms. The number of fused-ring (bicyclic) bond motifs is 24. The second-order valence-corrected chi connectivity index (χ2v) is 19.6. The highest BCUT2D eigenvalue weighted by atomic mass is 14.7. The summed E-state index contributed by atoms with van der Waals surface area (Å²) in [4.78, 5) is 22.7. The van der Waals surface area contributed by atoms with Crippen LogP contribution in [0.15, 0.2) is 237 Å². The van der Waals surface area contributed by atoms with Crippen LogP contribution in [0.25, 0.3) is 130 Å². The Balaban J connectivity index is -0.0000000693. The molecule has 0 spiro atoms. The molecule has 78 heavy (non-hydrogen) atoms. The monoisotopic (exact) mass is 1130 g/mol. The molecule has 0 aliphatic carbocycles. The highest BCUT2D eigenvalue weighted by Gasteiger charge is 2.13. The number of benzene rings is 11. The topological polar surface area (TPSA) is 64.5 Å².